The van der Waals surface area contributed by atoms with Gasteiger partial charge in [0, 0.05) is 12.5 Å². The van der Waals surface area contributed by atoms with Crippen LogP contribution in [0.1, 0.15) is 44.2 Å². The number of carbonyl (C=O) groups is 1. The van der Waals surface area contributed by atoms with Crippen molar-refractivity contribution in [3.05, 3.63) is 30.2 Å². The lowest BCUT2D eigenvalue weighted by molar-refractivity contribution is -0.146. The van der Waals surface area contributed by atoms with Gasteiger partial charge in [0.2, 0.25) is 5.76 Å². The molecule has 112 valence electrons. The Morgan fingerprint density at radius 3 is 2.90 bits per heavy atom. The van der Waals surface area contributed by atoms with Crippen LogP contribution in [0.25, 0.3) is 11.5 Å². The second kappa shape index (κ2) is 6.61. The van der Waals surface area contributed by atoms with Gasteiger partial charge in [0.1, 0.15) is 12.3 Å². The first-order valence-corrected chi connectivity index (χ1v) is 7.46. The van der Waals surface area contributed by atoms with Gasteiger partial charge >= 0.3 is 5.97 Å². The van der Waals surface area contributed by atoms with Crippen molar-refractivity contribution in [1.82, 2.24) is 5.16 Å². The first kappa shape index (κ1) is 13.9. The van der Waals surface area contributed by atoms with Gasteiger partial charge in [0.15, 0.2) is 5.76 Å². The normalized spacial score (nSPS) is 16.0. The Hall–Kier alpha value is -2.04. The van der Waals surface area contributed by atoms with Crippen molar-refractivity contribution in [3.63, 3.8) is 0 Å². The lowest BCUT2D eigenvalue weighted by atomic mass is 9.87. The van der Waals surface area contributed by atoms with Crippen molar-refractivity contribution in [3.8, 4) is 11.5 Å². The van der Waals surface area contributed by atoms with Gasteiger partial charge in [-0.25, -0.2) is 0 Å². The molecule has 1 aliphatic rings. The molecule has 0 amide bonds. The second-order valence-electron chi connectivity index (χ2n) is 5.53. The van der Waals surface area contributed by atoms with Gasteiger partial charge in [-0.15, -0.1) is 0 Å². The van der Waals surface area contributed by atoms with Gasteiger partial charge in [0.25, 0.3) is 0 Å². The van der Waals surface area contributed by atoms with E-state index in [1.807, 2.05) is 0 Å². The number of furan rings is 1. The Morgan fingerprint density at radius 2 is 2.14 bits per heavy atom. The van der Waals surface area contributed by atoms with Crippen LogP contribution in [0.2, 0.25) is 0 Å². The molecule has 5 nitrogen and oxygen atoms in total. The lowest BCUT2D eigenvalue weighted by Gasteiger charge is -2.20. The van der Waals surface area contributed by atoms with E-state index in [0.29, 0.717) is 29.6 Å². The molecular formula is C16H19NO4. The molecule has 0 aromatic carbocycles. The monoisotopic (exact) mass is 289 g/mol. The van der Waals surface area contributed by atoms with Crippen LogP contribution in [0.5, 0.6) is 0 Å². The minimum absolute atomic E-state index is 0.149. The summed E-state index contributed by atoms with van der Waals surface area (Å²) in [5.74, 6) is 1.49. The zero-order valence-corrected chi connectivity index (χ0v) is 11.9. The fraction of sp³-hybridized carbons (Fsp3) is 0.500. The summed E-state index contributed by atoms with van der Waals surface area (Å²) < 4.78 is 15.6. The number of rotatable bonds is 5. The largest absolute Gasteiger partial charge is 0.461 e. The lowest BCUT2D eigenvalue weighted by Crippen LogP contribution is -2.14. The average Bonchev–Trinajstić information content (AvgIpc) is 3.17. The van der Waals surface area contributed by atoms with Crippen LogP contribution < -0.4 is 0 Å². The molecule has 2 aromatic heterocycles. The molecule has 21 heavy (non-hydrogen) atoms. The number of aromatic nitrogens is 1. The molecule has 0 N–H and O–H groups in total. The van der Waals surface area contributed by atoms with Crippen LogP contribution in [0.4, 0.5) is 0 Å². The van der Waals surface area contributed by atoms with E-state index in [1.54, 1.807) is 24.5 Å². The number of carbonyl (C=O) groups excluding carboxylic acids is 1. The van der Waals surface area contributed by atoms with Crippen molar-refractivity contribution < 1.29 is 18.5 Å². The standard InChI is InChI=1S/C16H19NO4/c18-16(9-12-5-2-1-3-6-12)20-11-13-10-15(21-17-13)14-7-4-8-19-14/h4,7-8,10,12H,1-3,5-6,9,11H2. The van der Waals surface area contributed by atoms with Gasteiger partial charge < -0.3 is 13.7 Å². The minimum Gasteiger partial charge on any atom is -0.461 e. The molecule has 0 radical (unpaired) electrons. The predicted octanol–water partition coefficient (Wildman–Crippen LogP) is 3.95. The number of hydrogen-bond acceptors (Lipinski definition) is 5. The molecule has 0 saturated heterocycles. The average molecular weight is 289 g/mol. The topological polar surface area (TPSA) is 65.5 Å². The highest BCUT2D eigenvalue weighted by Crippen LogP contribution is 2.26. The molecule has 1 aliphatic carbocycles. The second-order valence-corrected chi connectivity index (χ2v) is 5.53. The fourth-order valence-corrected chi connectivity index (χ4v) is 2.76. The zero-order chi connectivity index (χ0) is 14.5. The van der Waals surface area contributed by atoms with E-state index in [0.717, 1.165) is 12.8 Å². The van der Waals surface area contributed by atoms with E-state index >= 15 is 0 Å². The smallest absolute Gasteiger partial charge is 0.306 e. The van der Waals surface area contributed by atoms with Gasteiger partial charge in [-0.05, 0) is 30.9 Å². The van der Waals surface area contributed by atoms with Gasteiger partial charge in [-0.1, -0.05) is 24.4 Å². The number of ether oxygens (including phenoxy) is 1. The Morgan fingerprint density at radius 1 is 1.29 bits per heavy atom. The van der Waals surface area contributed by atoms with Gasteiger partial charge in [-0.2, -0.15) is 0 Å². The maximum Gasteiger partial charge on any atom is 0.306 e. The zero-order valence-electron chi connectivity index (χ0n) is 11.9. The third kappa shape index (κ3) is 3.74. The van der Waals surface area contributed by atoms with E-state index in [1.165, 1.54) is 19.3 Å². The van der Waals surface area contributed by atoms with Crippen LogP contribution in [0, 0.1) is 5.92 Å². The summed E-state index contributed by atoms with van der Waals surface area (Å²) in [7, 11) is 0. The first-order valence-electron chi connectivity index (χ1n) is 7.46. The molecule has 2 aromatic rings. The molecule has 0 unspecified atom stereocenters. The highest BCUT2D eigenvalue weighted by atomic mass is 16.5. The number of nitrogens with zero attached hydrogens (tertiary/aromatic N) is 1. The summed E-state index contributed by atoms with van der Waals surface area (Å²) in [5.41, 5.74) is 0.596. The molecule has 1 fully saturated rings. The Kier molecular flexibility index (Phi) is 4.38. The first-order chi connectivity index (χ1) is 10.3. The van der Waals surface area contributed by atoms with Crippen molar-refractivity contribution in [2.24, 2.45) is 5.92 Å². The van der Waals surface area contributed by atoms with Crippen LogP contribution in [-0.4, -0.2) is 11.1 Å². The maximum atomic E-state index is 11.8. The molecular weight excluding hydrogens is 270 g/mol. The highest BCUT2D eigenvalue weighted by Gasteiger charge is 2.18. The predicted molar refractivity (Wildman–Crippen MR) is 75.2 cm³/mol. The van der Waals surface area contributed by atoms with Crippen LogP contribution >= 0.6 is 0 Å². The van der Waals surface area contributed by atoms with E-state index in [9.17, 15) is 4.79 Å². The summed E-state index contributed by atoms with van der Waals surface area (Å²) in [5, 5.41) is 3.88. The molecule has 1 saturated carbocycles. The summed E-state index contributed by atoms with van der Waals surface area (Å²) in [6.07, 6.45) is 8.12. The van der Waals surface area contributed by atoms with Crippen LogP contribution in [0.3, 0.4) is 0 Å². The van der Waals surface area contributed by atoms with E-state index in [-0.39, 0.29) is 12.6 Å². The quantitative estimate of drug-likeness (QED) is 0.780. The molecule has 0 spiro atoms. The Balaban J connectivity index is 1.47. The maximum absolute atomic E-state index is 11.8. The highest BCUT2D eigenvalue weighted by molar-refractivity contribution is 5.69. The molecule has 5 heteroatoms. The van der Waals surface area contributed by atoms with Crippen molar-refractivity contribution >= 4 is 5.97 Å². The SMILES string of the molecule is O=C(CC1CCCCC1)OCc1cc(-c2ccco2)on1. The van der Waals surface area contributed by atoms with E-state index in [2.05, 4.69) is 5.16 Å². The molecule has 0 bridgehead atoms. The summed E-state index contributed by atoms with van der Waals surface area (Å²) in [6, 6.07) is 5.30. The van der Waals surface area contributed by atoms with Crippen molar-refractivity contribution in [2.45, 2.75) is 45.1 Å². The van der Waals surface area contributed by atoms with Crippen LogP contribution in [-0.2, 0) is 16.1 Å². The van der Waals surface area contributed by atoms with E-state index in [4.69, 9.17) is 13.7 Å². The summed E-state index contributed by atoms with van der Waals surface area (Å²) in [4.78, 5) is 11.8. The molecule has 0 atom stereocenters. The van der Waals surface area contributed by atoms with Gasteiger partial charge in [-0.3, -0.25) is 4.79 Å². The summed E-state index contributed by atoms with van der Waals surface area (Å²) >= 11 is 0. The number of hydrogen-bond donors (Lipinski definition) is 0. The summed E-state index contributed by atoms with van der Waals surface area (Å²) in [6.45, 7) is 0.149. The van der Waals surface area contributed by atoms with Crippen LogP contribution in [0.15, 0.2) is 33.4 Å². The van der Waals surface area contributed by atoms with Crippen molar-refractivity contribution in [1.29, 1.82) is 0 Å². The third-order valence-corrected chi connectivity index (χ3v) is 3.88. The molecule has 3 rings (SSSR count). The molecule has 2 heterocycles. The van der Waals surface area contributed by atoms with Crippen molar-refractivity contribution in [2.75, 3.05) is 0 Å². The minimum atomic E-state index is -0.149. The Bertz CT molecular complexity index is 567. The Labute approximate surface area is 123 Å². The fourth-order valence-electron chi connectivity index (χ4n) is 2.76. The third-order valence-electron chi connectivity index (χ3n) is 3.88. The van der Waals surface area contributed by atoms with Gasteiger partial charge in [0.05, 0.1) is 6.26 Å². The van der Waals surface area contributed by atoms with E-state index < -0.39 is 0 Å². The molecule has 0 aliphatic heterocycles. The number of esters is 1.